The average molecular weight is 493 g/mol. The van der Waals surface area contributed by atoms with Crippen LogP contribution in [0.25, 0.3) is 5.65 Å². The Morgan fingerprint density at radius 3 is 2.71 bits per heavy atom. The molecule has 0 spiro atoms. The van der Waals surface area contributed by atoms with Gasteiger partial charge in [-0.05, 0) is 17.7 Å². The van der Waals surface area contributed by atoms with Crippen molar-refractivity contribution in [3.05, 3.63) is 82.8 Å². The van der Waals surface area contributed by atoms with Crippen molar-refractivity contribution < 1.29 is 4.92 Å². The van der Waals surface area contributed by atoms with Crippen LogP contribution in [0.4, 0.5) is 5.69 Å². The lowest BCUT2D eigenvalue weighted by Crippen LogP contribution is -2.37. The van der Waals surface area contributed by atoms with Gasteiger partial charge >= 0.3 is 0 Å². The molecular formula is C18H20IN7O2. The summed E-state index contributed by atoms with van der Waals surface area (Å²) in [4.78, 5) is 14.8. The van der Waals surface area contributed by atoms with Gasteiger partial charge in [0.15, 0.2) is 17.4 Å². The molecule has 0 atom stereocenters. The summed E-state index contributed by atoms with van der Waals surface area (Å²) >= 11 is 0. The van der Waals surface area contributed by atoms with Crippen molar-refractivity contribution in [2.75, 3.05) is 6.54 Å². The zero-order valence-corrected chi connectivity index (χ0v) is 17.3. The first-order valence-corrected chi connectivity index (χ1v) is 8.32. The van der Waals surface area contributed by atoms with E-state index in [2.05, 4.69) is 32.4 Å². The second-order valence-electron chi connectivity index (χ2n) is 5.66. The molecule has 0 aliphatic rings. The molecule has 10 heteroatoms. The van der Waals surface area contributed by atoms with Gasteiger partial charge in [0.1, 0.15) is 0 Å². The van der Waals surface area contributed by atoms with Crippen LogP contribution in [0.2, 0.25) is 0 Å². The third-order valence-corrected chi connectivity index (χ3v) is 3.78. The van der Waals surface area contributed by atoms with Gasteiger partial charge in [-0.3, -0.25) is 14.5 Å². The molecule has 2 heterocycles. The Bertz CT molecular complexity index is 969. The Labute approximate surface area is 178 Å². The molecule has 9 nitrogen and oxygen atoms in total. The molecule has 3 rings (SSSR count). The summed E-state index contributed by atoms with van der Waals surface area (Å²) in [7, 11) is 0. The molecule has 3 aromatic rings. The number of fused-ring (bicyclic) bond motifs is 1. The van der Waals surface area contributed by atoms with Gasteiger partial charge in [0.2, 0.25) is 0 Å². The van der Waals surface area contributed by atoms with Crippen molar-refractivity contribution >= 4 is 41.3 Å². The Hall–Kier alpha value is -3.02. The number of rotatable bonds is 7. The molecule has 0 radical (unpaired) electrons. The third-order valence-electron chi connectivity index (χ3n) is 3.78. The van der Waals surface area contributed by atoms with Gasteiger partial charge in [-0.1, -0.05) is 24.3 Å². The monoisotopic (exact) mass is 493 g/mol. The molecular weight excluding hydrogens is 473 g/mol. The molecule has 2 aromatic heterocycles. The van der Waals surface area contributed by atoms with Crippen LogP contribution in [0.15, 0.2) is 66.3 Å². The summed E-state index contributed by atoms with van der Waals surface area (Å²) in [5.74, 6) is 1.34. The maximum Gasteiger partial charge on any atom is 0.269 e. The summed E-state index contributed by atoms with van der Waals surface area (Å²) in [6.45, 7) is 5.06. The largest absolute Gasteiger partial charge is 0.353 e. The quantitative estimate of drug-likeness (QED) is 0.131. The number of hydrogen-bond donors (Lipinski definition) is 2. The normalized spacial score (nSPS) is 10.9. The van der Waals surface area contributed by atoms with Gasteiger partial charge < -0.3 is 10.6 Å². The molecule has 146 valence electrons. The van der Waals surface area contributed by atoms with Crippen LogP contribution in [-0.4, -0.2) is 32.0 Å². The lowest BCUT2D eigenvalue weighted by molar-refractivity contribution is -0.384. The van der Waals surface area contributed by atoms with E-state index in [1.807, 2.05) is 28.8 Å². The highest BCUT2D eigenvalue weighted by atomic mass is 127. The fourth-order valence-electron chi connectivity index (χ4n) is 2.41. The molecule has 0 unspecified atom stereocenters. The maximum absolute atomic E-state index is 10.7. The van der Waals surface area contributed by atoms with E-state index in [9.17, 15) is 10.1 Å². The SMILES string of the molecule is C=CCNC(=NCc1ccc([N+](=O)[O-])cc1)NCc1nnc2ccccn12.I. The average Bonchev–Trinajstić information content (AvgIpc) is 3.11. The molecule has 2 N–H and O–H groups in total. The fraction of sp³-hybridized carbons (Fsp3) is 0.167. The second-order valence-corrected chi connectivity index (χ2v) is 5.66. The predicted molar refractivity (Wildman–Crippen MR) is 118 cm³/mol. The van der Waals surface area contributed by atoms with Gasteiger partial charge in [0.25, 0.3) is 5.69 Å². The van der Waals surface area contributed by atoms with Gasteiger partial charge in [-0.2, -0.15) is 0 Å². The first-order valence-electron chi connectivity index (χ1n) is 8.32. The number of halogens is 1. The molecule has 0 aliphatic heterocycles. The summed E-state index contributed by atoms with van der Waals surface area (Å²) in [5.41, 5.74) is 1.70. The number of aliphatic imine (C=N–C) groups is 1. The minimum absolute atomic E-state index is 0. The summed E-state index contributed by atoms with van der Waals surface area (Å²) < 4.78 is 1.90. The van der Waals surface area contributed by atoms with Crippen LogP contribution in [0.3, 0.4) is 0 Å². The van der Waals surface area contributed by atoms with Gasteiger partial charge in [0.05, 0.1) is 18.0 Å². The Kier molecular flexibility index (Phi) is 7.87. The van der Waals surface area contributed by atoms with Crippen LogP contribution in [0, 0.1) is 10.1 Å². The number of aromatic nitrogens is 3. The van der Waals surface area contributed by atoms with Crippen molar-refractivity contribution in [2.45, 2.75) is 13.1 Å². The molecule has 0 amide bonds. The number of nitro groups is 1. The standard InChI is InChI=1S/C18H19N7O2.HI/c1-2-10-19-18(20-12-14-6-8-15(9-7-14)25(26)27)21-13-17-23-22-16-5-3-4-11-24(16)17;/h2-9,11H,1,10,12-13H2,(H2,19,20,21);1H. The molecule has 28 heavy (non-hydrogen) atoms. The summed E-state index contributed by atoms with van der Waals surface area (Å²) in [5, 5.41) is 25.4. The first kappa shape index (κ1) is 21.3. The minimum atomic E-state index is -0.422. The topological polar surface area (TPSA) is 110 Å². The maximum atomic E-state index is 10.7. The lowest BCUT2D eigenvalue weighted by atomic mass is 10.2. The highest BCUT2D eigenvalue weighted by molar-refractivity contribution is 14.0. The molecule has 0 saturated carbocycles. The number of nitro benzene ring substituents is 1. The van der Waals surface area contributed by atoms with Gasteiger partial charge in [0, 0.05) is 24.9 Å². The molecule has 0 saturated heterocycles. The van der Waals surface area contributed by atoms with E-state index in [0.717, 1.165) is 17.0 Å². The molecule has 0 fully saturated rings. The zero-order chi connectivity index (χ0) is 19.1. The zero-order valence-electron chi connectivity index (χ0n) is 15.0. The van der Waals surface area contributed by atoms with E-state index in [1.165, 1.54) is 12.1 Å². The molecule has 0 bridgehead atoms. The van der Waals surface area contributed by atoms with Crippen molar-refractivity contribution in [1.82, 2.24) is 25.2 Å². The van der Waals surface area contributed by atoms with Crippen LogP contribution in [0.1, 0.15) is 11.4 Å². The van der Waals surface area contributed by atoms with Gasteiger partial charge in [-0.15, -0.1) is 40.8 Å². The summed E-state index contributed by atoms with van der Waals surface area (Å²) in [6.07, 6.45) is 3.63. The fourth-order valence-corrected chi connectivity index (χ4v) is 2.41. The van der Waals surface area contributed by atoms with Crippen molar-refractivity contribution in [1.29, 1.82) is 0 Å². The van der Waals surface area contributed by atoms with E-state index < -0.39 is 4.92 Å². The van der Waals surface area contributed by atoms with Crippen LogP contribution >= 0.6 is 24.0 Å². The van der Waals surface area contributed by atoms with Crippen molar-refractivity contribution in [3.63, 3.8) is 0 Å². The second kappa shape index (κ2) is 10.3. The molecule has 1 aromatic carbocycles. The van der Waals surface area contributed by atoms with Crippen molar-refractivity contribution in [3.8, 4) is 0 Å². The number of non-ortho nitro benzene ring substituents is 1. The van der Waals surface area contributed by atoms with E-state index in [0.29, 0.717) is 25.6 Å². The molecule has 0 aliphatic carbocycles. The predicted octanol–water partition coefficient (Wildman–Crippen LogP) is 2.68. The Morgan fingerprint density at radius 1 is 1.21 bits per heavy atom. The first-order chi connectivity index (χ1) is 13.2. The van der Waals surface area contributed by atoms with Crippen LogP contribution in [-0.2, 0) is 13.1 Å². The number of pyridine rings is 1. The number of hydrogen-bond acceptors (Lipinski definition) is 5. The van der Waals surface area contributed by atoms with Crippen LogP contribution < -0.4 is 10.6 Å². The smallest absolute Gasteiger partial charge is 0.269 e. The number of nitrogens with one attached hydrogen (secondary N) is 2. The number of guanidine groups is 1. The lowest BCUT2D eigenvalue weighted by Gasteiger charge is -2.10. The van der Waals surface area contributed by atoms with E-state index >= 15 is 0 Å². The van der Waals surface area contributed by atoms with Crippen LogP contribution in [0.5, 0.6) is 0 Å². The van der Waals surface area contributed by atoms with E-state index in [-0.39, 0.29) is 29.7 Å². The van der Waals surface area contributed by atoms with E-state index in [4.69, 9.17) is 0 Å². The highest BCUT2D eigenvalue weighted by Crippen LogP contribution is 2.12. The minimum Gasteiger partial charge on any atom is -0.353 e. The number of nitrogens with zero attached hydrogens (tertiary/aromatic N) is 5. The summed E-state index contributed by atoms with van der Waals surface area (Å²) in [6, 6.07) is 12.0. The Morgan fingerprint density at radius 2 is 2.00 bits per heavy atom. The van der Waals surface area contributed by atoms with Gasteiger partial charge in [-0.25, -0.2) is 4.99 Å². The van der Waals surface area contributed by atoms with Crippen molar-refractivity contribution in [2.24, 2.45) is 4.99 Å². The van der Waals surface area contributed by atoms with E-state index in [1.54, 1.807) is 18.2 Å². The number of benzene rings is 1. The third kappa shape index (κ3) is 5.49. The highest BCUT2D eigenvalue weighted by Gasteiger charge is 2.07. The Balaban J connectivity index is 0.00000280.